The van der Waals surface area contributed by atoms with Crippen molar-refractivity contribution in [3.8, 4) is 5.75 Å². The second-order valence-corrected chi connectivity index (χ2v) is 6.76. The molecular formula is C23H20N4O3. The van der Waals surface area contributed by atoms with Crippen LogP contribution in [0.5, 0.6) is 5.75 Å². The first kappa shape index (κ1) is 19.3. The number of nitrogens with one attached hydrogen (secondary N) is 2. The number of nitrogens with zero attached hydrogens (tertiary/aromatic N) is 2. The number of hydrogen-bond donors (Lipinski definition) is 2. The summed E-state index contributed by atoms with van der Waals surface area (Å²) in [4.78, 5) is 28.5. The molecule has 2 aromatic heterocycles. The molecule has 2 N–H and O–H groups in total. The molecular weight excluding hydrogens is 380 g/mol. The maximum atomic E-state index is 12.4. The van der Waals surface area contributed by atoms with Crippen molar-refractivity contribution in [3.05, 3.63) is 100 Å². The third-order valence-electron chi connectivity index (χ3n) is 4.60. The average Bonchev–Trinajstić information content (AvgIpc) is 2.79. The van der Waals surface area contributed by atoms with E-state index in [1.807, 2.05) is 48.5 Å². The average molecular weight is 400 g/mol. The summed E-state index contributed by atoms with van der Waals surface area (Å²) in [7, 11) is 0. The van der Waals surface area contributed by atoms with Crippen molar-refractivity contribution in [2.75, 3.05) is 0 Å². The van der Waals surface area contributed by atoms with Gasteiger partial charge < -0.3 is 10.1 Å². The van der Waals surface area contributed by atoms with Gasteiger partial charge in [-0.15, -0.1) is 0 Å². The molecule has 0 saturated heterocycles. The summed E-state index contributed by atoms with van der Waals surface area (Å²) in [5, 5.41) is 10.6. The smallest absolute Gasteiger partial charge is 0.272 e. The maximum absolute atomic E-state index is 12.4. The predicted molar refractivity (Wildman–Crippen MR) is 113 cm³/mol. The van der Waals surface area contributed by atoms with Gasteiger partial charge in [-0.05, 0) is 35.9 Å². The van der Waals surface area contributed by atoms with Gasteiger partial charge in [-0.25, -0.2) is 5.10 Å². The lowest BCUT2D eigenvalue weighted by molar-refractivity contribution is -0.120. The van der Waals surface area contributed by atoms with Crippen LogP contribution in [0.3, 0.4) is 0 Å². The molecule has 4 aromatic rings. The fourth-order valence-electron chi connectivity index (χ4n) is 3.11. The fourth-order valence-corrected chi connectivity index (χ4v) is 3.11. The van der Waals surface area contributed by atoms with E-state index in [1.54, 1.807) is 24.4 Å². The van der Waals surface area contributed by atoms with Gasteiger partial charge in [-0.2, -0.15) is 5.10 Å². The Kier molecular flexibility index (Phi) is 5.80. The van der Waals surface area contributed by atoms with Gasteiger partial charge in [-0.3, -0.25) is 14.6 Å². The fraction of sp³-hybridized carbons (Fsp3) is 0.130. The van der Waals surface area contributed by atoms with Crippen molar-refractivity contribution < 1.29 is 9.53 Å². The van der Waals surface area contributed by atoms with E-state index in [4.69, 9.17) is 4.74 Å². The van der Waals surface area contributed by atoms with E-state index in [9.17, 15) is 9.59 Å². The van der Waals surface area contributed by atoms with E-state index in [-0.39, 0.29) is 17.9 Å². The van der Waals surface area contributed by atoms with E-state index in [1.165, 1.54) is 0 Å². The molecule has 0 radical (unpaired) electrons. The van der Waals surface area contributed by atoms with E-state index >= 15 is 0 Å². The monoisotopic (exact) mass is 400 g/mol. The highest BCUT2D eigenvalue weighted by atomic mass is 16.5. The summed E-state index contributed by atoms with van der Waals surface area (Å²) in [6.45, 7) is 0.739. The Morgan fingerprint density at radius 1 is 1.00 bits per heavy atom. The Hall–Kier alpha value is -4.00. The first-order chi connectivity index (χ1) is 14.7. The number of aromatic amines is 1. The summed E-state index contributed by atoms with van der Waals surface area (Å²) >= 11 is 0. The van der Waals surface area contributed by atoms with Gasteiger partial charge in [0.05, 0.1) is 23.2 Å². The number of amides is 1. The van der Waals surface area contributed by atoms with Crippen molar-refractivity contribution >= 4 is 16.7 Å². The third-order valence-corrected chi connectivity index (χ3v) is 4.60. The van der Waals surface area contributed by atoms with E-state index in [2.05, 4.69) is 20.5 Å². The molecule has 0 aliphatic rings. The highest BCUT2D eigenvalue weighted by molar-refractivity contribution is 5.88. The molecule has 150 valence electrons. The molecule has 0 unspecified atom stereocenters. The predicted octanol–water partition coefficient (Wildman–Crippen LogP) is 2.76. The number of ether oxygens (including phenoxy) is 1. The summed E-state index contributed by atoms with van der Waals surface area (Å²) in [6.07, 6.45) is 1.80. The molecule has 0 saturated carbocycles. The second kappa shape index (κ2) is 9.00. The van der Waals surface area contributed by atoms with E-state index in [0.717, 1.165) is 11.3 Å². The molecule has 0 fully saturated rings. The maximum Gasteiger partial charge on any atom is 0.272 e. The number of hydrogen-bond acceptors (Lipinski definition) is 5. The van der Waals surface area contributed by atoms with Gasteiger partial charge in [-0.1, -0.05) is 36.4 Å². The van der Waals surface area contributed by atoms with Crippen LogP contribution in [0, 0.1) is 0 Å². The molecule has 0 bridgehead atoms. The number of benzene rings is 2. The minimum Gasteiger partial charge on any atom is -0.487 e. The first-order valence-corrected chi connectivity index (χ1v) is 9.54. The zero-order chi connectivity index (χ0) is 20.8. The quantitative estimate of drug-likeness (QED) is 0.497. The lowest BCUT2D eigenvalue weighted by Gasteiger charge is -2.09. The van der Waals surface area contributed by atoms with Crippen LogP contribution >= 0.6 is 0 Å². The van der Waals surface area contributed by atoms with Crippen molar-refractivity contribution in [1.82, 2.24) is 20.5 Å². The molecule has 0 aliphatic heterocycles. The van der Waals surface area contributed by atoms with Crippen molar-refractivity contribution in [2.45, 2.75) is 19.6 Å². The number of fused-ring (bicyclic) bond motifs is 1. The largest absolute Gasteiger partial charge is 0.487 e. The zero-order valence-corrected chi connectivity index (χ0v) is 16.2. The molecule has 30 heavy (non-hydrogen) atoms. The van der Waals surface area contributed by atoms with Gasteiger partial charge in [0, 0.05) is 18.1 Å². The Morgan fingerprint density at radius 2 is 1.83 bits per heavy atom. The van der Waals surface area contributed by atoms with Crippen LogP contribution in [0.1, 0.15) is 17.0 Å². The summed E-state index contributed by atoms with van der Waals surface area (Å²) in [5.41, 5.74) is 2.03. The van der Waals surface area contributed by atoms with Crippen LogP contribution in [0.15, 0.2) is 77.7 Å². The van der Waals surface area contributed by atoms with Crippen LogP contribution in [0.2, 0.25) is 0 Å². The summed E-state index contributed by atoms with van der Waals surface area (Å²) in [5.74, 6) is 0.528. The lowest BCUT2D eigenvalue weighted by atomic mass is 10.1. The Labute approximate surface area is 172 Å². The first-order valence-electron chi connectivity index (χ1n) is 9.54. The van der Waals surface area contributed by atoms with Crippen LogP contribution in [0.4, 0.5) is 0 Å². The highest BCUT2D eigenvalue weighted by Gasteiger charge is 2.10. The molecule has 2 aromatic carbocycles. The van der Waals surface area contributed by atoms with Crippen LogP contribution in [-0.4, -0.2) is 21.1 Å². The van der Waals surface area contributed by atoms with Crippen molar-refractivity contribution in [1.29, 1.82) is 0 Å². The zero-order valence-electron chi connectivity index (χ0n) is 16.2. The van der Waals surface area contributed by atoms with Gasteiger partial charge >= 0.3 is 0 Å². The van der Waals surface area contributed by atoms with Gasteiger partial charge in [0.2, 0.25) is 5.91 Å². The molecule has 0 atom stereocenters. The Balaban J connectivity index is 1.36. The molecule has 1 amide bonds. The molecule has 0 spiro atoms. The minimum atomic E-state index is -0.266. The third kappa shape index (κ3) is 4.70. The molecule has 7 heteroatoms. The summed E-state index contributed by atoms with van der Waals surface area (Å²) < 4.78 is 5.78. The number of aromatic nitrogens is 3. The molecule has 0 aliphatic carbocycles. The Bertz CT molecular complexity index is 1220. The Morgan fingerprint density at radius 3 is 2.67 bits per heavy atom. The molecule has 2 heterocycles. The van der Waals surface area contributed by atoms with Crippen LogP contribution in [0.25, 0.3) is 10.8 Å². The minimum absolute atomic E-state index is 0.0765. The van der Waals surface area contributed by atoms with Crippen molar-refractivity contribution in [2.24, 2.45) is 0 Å². The molecule has 4 rings (SSSR count). The highest BCUT2D eigenvalue weighted by Crippen LogP contribution is 2.15. The normalized spacial score (nSPS) is 10.7. The topological polar surface area (TPSA) is 97.0 Å². The number of pyridine rings is 1. The van der Waals surface area contributed by atoms with E-state index < -0.39 is 0 Å². The number of carbonyl (C=O) groups excluding carboxylic acids is 1. The lowest BCUT2D eigenvalue weighted by Crippen LogP contribution is -2.25. The van der Waals surface area contributed by atoms with E-state index in [0.29, 0.717) is 35.4 Å². The van der Waals surface area contributed by atoms with Crippen LogP contribution < -0.4 is 15.6 Å². The second-order valence-electron chi connectivity index (χ2n) is 6.76. The number of rotatable bonds is 7. The number of carbonyl (C=O) groups is 1. The van der Waals surface area contributed by atoms with Gasteiger partial charge in [0.15, 0.2) is 0 Å². The summed E-state index contributed by atoms with van der Waals surface area (Å²) in [6, 6.07) is 20.3. The molecule has 7 nitrogen and oxygen atoms in total. The van der Waals surface area contributed by atoms with Gasteiger partial charge in [0.25, 0.3) is 5.56 Å². The van der Waals surface area contributed by atoms with Crippen LogP contribution in [-0.2, 0) is 24.4 Å². The standard InChI is InChI=1S/C23H20N4O3/c28-22(13-21-19-9-1-2-10-20(19)23(29)27-26-21)25-14-16-6-5-8-18(12-16)30-15-17-7-3-4-11-24-17/h1-12H,13-15H2,(H,25,28)(H,27,29). The van der Waals surface area contributed by atoms with Crippen molar-refractivity contribution in [3.63, 3.8) is 0 Å². The SMILES string of the molecule is O=C(Cc1n[nH]c(=O)c2ccccc12)NCc1cccc(OCc2ccccn2)c1. The number of H-pyrrole nitrogens is 1. The van der Waals surface area contributed by atoms with Gasteiger partial charge in [0.1, 0.15) is 12.4 Å².